The van der Waals surface area contributed by atoms with Gasteiger partial charge in [-0.15, -0.1) is 0 Å². The van der Waals surface area contributed by atoms with Gasteiger partial charge in [0.15, 0.2) is 0 Å². The predicted molar refractivity (Wildman–Crippen MR) is 127 cm³/mol. The van der Waals surface area contributed by atoms with Crippen LogP contribution in [0, 0.1) is 17.8 Å². The second-order valence-corrected chi connectivity index (χ2v) is 9.61. The van der Waals surface area contributed by atoms with E-state index in [1.165, 1.54) is 61.0 Å². The summed E-state index contributed by atoms with van der Waals surface area (Å²) >= 11 is 0. The molecule has 0 heterocycles. The molecule has 2 unspecified atom stereocenters. The van der Waals surface area contributed by atoms with Crippen molar-refractivity contribution in [1.29, 1.82) is 0 Å². The number of hydrogen-bond donors (Lipinski definition) is 1. The highest BCUT2D eigenvalue weighted by Crippen LogP contribution is 2.37. The van der Waals surface area contributed by atoms with Gasteiger partial charge in [-0.05, 0) is 103 Å². The van der Waals surface area contributed by atoms with Crippen LogP contribution >= 0.6 is 0 Å². The largest absolute Gasteiger partial charge is 0.496 e. The van der Waals surface area contributed by atoms with Crippen molar-refractivity contribution in [2.24, 2.45) is 17.8 Å². The first kappa shape index (κ1) is 21.2. The summed E-state index contributed by atoms with van der Waals surface area (Å²) in [6.07, 6.45) is 10.4. The Morgan fingerprint density at radius 1 is 0.967 bits per heavy atom. The molecule has 0 aliphatic heterocycles. The molecule has 2 aliphatic rings. The predicted octanol–water partition coefficient (Wildman–Crippen LogP) is 6.27. The summed E-state index contributed by atoms with van der Waals surface area (Å²) in [6.45, 7) is 4.83. The lowest BCUT2D eigenvalue weighted by Gasteiger charge is -2.31. The zero-order chi connectivity index (χ0) is 21.1. The average molecular weight is 401 g/mol. The Balaban J connectivity index is 1.53. The van der Waals surface area contributed by atoms with Gasteiger partial charge in [0.05, 0.1) is 7.11 Å². The Bertz CT molecular complexity index is 907. The van der Waals surface area contributed by atoms with Crippen molar-refractivity contribution in [1.82, 2.24) is 0 Å². The Hall–Kier alpha value is -2.00. The van der Waals surface area contributed by atoms with Gasteiger partial charge in [-0.1, -0.05) is 49.7 Å². The fourth-order valence-electron chi connectivity index (χ4n) is 5.66. The molecule has 0 spiro atoms. The van der Waals surface area contributed by atoms with E-state index in [1.54, 1.807) is 7.11 Å². The first-order valence-corrected chi connectivity index (χ1v) is 11.5. The molecule has 1 radical (unpaired) electrons. The number of fused-ring (bicyclic) bond motifs is 1. The van der Waals surface area contributed by atoms with Crippen molar-refractivity contribution in [2.75, 3.05) is 7.11 Å². The number of allylic oxidation sites excluding steroid dienone is 1. The van der Waals surface area contributed by atoms with Gasteiger partial charge in [-0.2, -0.15) is 0 Å². The fourth-order valence-corrected chi connectivity index (χ4v) is 5.66. The lowest BCUT2D eigenvalue weighted by molar-refractivity contribution is 0.210. The van der Waals surface area contributed by atoms with Crippen molar-refractivity contribution in [3.8, 4) is 16.9 Å². The molecule has 1 N–H and O–H groups in total. The highest BCUT2D eigenvalue weighted by Gasteiger charge is 2.24. The zero-order valence-corrected chi connectivity index (χ0v) is 18.7. The van der Waals surface area contributed by atoms with Gasteiger partial charge in [0, 0.05) is 0 Å². The van der Waals surface area contributed by atoms with Crippen LogP contribution < -0.4 is 4.74 Å². The second kappa shape index (κ2) is 9.43. The maximum Gasteiger partial charge on any atom is 0.322 e. The Labute approximate surface area is 182 Å². The third-order valence-electron chi connectivity index (χ3n) is 7.04. The van der Waals surface area contributed by atoms with E-state index in [4.69, 9.17) is 4.74 Å². The maximum absolute atomic E-state index is 9.30. The van der Waals surface area contributed by atoms with Gasteiger partial charge in [0.25, 0.3) is 0 Å². The molecule has 2 atom stereocenters. The van der Waals surface area contributed by atoms with Gasteiger partial charge in [-0.25, -0.2) is 0 Å². The highest BCUT2D eigenvalue weighted by molar-refractivity contribution is 6.38. The third kappa shape index (κ3) is 4.83. The second-order valence-electron chi connectivity index (χ2n) is 9.61. The highest BCUT2D eigenvalue weighted by atomic mass is 16.5. The molecule has 30 heavy (non-hydrogen) atoms. The third-order valence-corrected chi connectivity index (χ3v) is 7.04. The molecule has 2 aromatic rings. The van der Waals surface area contributed by atoms with E-state index < -0.39 is 0 Å². The molecule has 1 saturated carbocycles. The Kier molecular flexibility index (Phi) is 6.68. The molecule has 157 valence electrons. The topological polar surface area (TPSA) is 29.5 Å². The summed E-state index contributed by atoms with van der Waals surface area (Å²) in [5, 5.41) is 9.30. The van der Waals surface area contributed by atoms with Gasteiger partial charge in [0.2, 0.25) is 0 Å². The monoisotopic (exact) mass is 401 g/mol. The summed E-state index contributed by atoms with van der Waals surface area (Å²) in [4.78, 5) is 0. The van der Waals surface area contributed by atoms with Crippen LogP contribution in [0.15, 0.2) is 41.9 Å². The van der Waals surface area contributed by atoms with Crippen molar-refractivity contribution in [3.05, 3.63) is 58.6 Å². The van der Waals surface area contributed by atoms with Gasteiger partial charge in [-0.3, -0.25) is 0 Å². The van der Waals surface area contributed by atoms with Gasteiger partial charge >= 0.3 is 7.48 Å². The molecule has 1 fully saturated rings. The van der Waals surface area contributed by atoms with Crippen LogP contribution in [0.1, 0.15) is 62.6 Å². The molecule has 0 saturated heterocycles. The van der Waals surface area contributed by atoms with E-state index in [9.17, 15) is 5.02 Å². The normalized spacial score (nSPS) is 23.5. The molecule has 2 aliphatic carbocycles. The van der Waals surface area contributed by atoms with E-state index >= 15 is 0 Å². The summed E-state index contributed by atoms with van der Waals surface area (Å²) in [6, 6.07) is 13.3. The van der Waals surface area contributed by atoms with Crippen molar-refractivity contribution >= 4 is 13.6 Å². The van der Waals surface area contributed by atoms with Crippen LogP contribution in [-0.2, 0) is 12.8 Å². The summed E-state index contributed by atoms with van der Waals surface area (Å²) in [5.74, 6) is 3.57. The van der Waals surface area contributed by atoms with Gasteiger partial charge in [0.1, 0.15) is 5.75 Å². The molecule has 2 nitrogen and oxygen atoms in total. The first-order valence-electron chi connectivity index (χ1n) is 11.5. The minimum absolute atomic E-state index is 0.838. The van der Waals surface area contributed by atoms with E-state index in [2.05, 4.69) is 56.3 Å². The Morgan fingerprint density at radius 2 is 1.70 bits per heavy atom. The van der Waals surface area contributed by atoms with Gasteiger partial charge < -0.3 is 9.76 Å². The zero-order valence-electron chi connectivity index (χ0n) is 18.7. The van der Waals surface area contributed by atoms with E-state index in [1.807, 2.05) is 0 Å². The van der Waals surface area contributed by atoms with Crippen LogP contribution in [-0.4, -0.2) is 19.6 Å². The number of rotatable bonds is 6. The first-order chi connectivity index (χ1) is 14.6. The molecule has 2 aromatic carbocycles. The number of ether oxygens (including phenoxy) is 1. The van der Waals surface area contributed by atoms with Crippen LogP contribution in [0.25, 0.3) is 17.2 Å². The summed E-state index contributed by atoms with van der Waals surface area (Å²) < 4.78 is 5.70. The van der Waals surface area contributed by atoms with Crippen LogP contribution in [0.2, 0.25) is 0 Å². The number of methoxy groups -OCH3 is 1. The van der Waals surface area contributed by atoms with Crippen LogP contribution in [0.3, 0.4) is 0 Å². The lowest BCUT2D eigenvalue weighted by atomic mass is 9.75. The SMILES string of the molecule is COc1ccc(-c2ccc3c(c2)CCC([B]O)=C3)cc1CCC1CC(C)CC(C)C1. The lowest BCUT2D eigenvalue weighted by Crippen LogP contribution is -2.20. The molecule has 3 heteroatoms. The molecular formula is C27H34BO2. The minimum atomic E-state index is 0.838. The quantitative estimate of drug-likeness (QED) is 0.579. The molecular weight excluding hydrogens is 367 g/mol. The fraction of sp³-hybridized carbons (Fsp3) is 0.481. The molecule has 0 aromatic heterocycles. The van der Waals surface area contributed by atoms with Crippen molar-refractivity contribution in [3.63, 3.8) is 0 Å². The number of hydrogen-bond acceptors (Lipinski definition) is 2. The molecule has 0 amide bonds. The van der Waals surface area contributed by atoms with Crippen molar-refractivity contribution in [2.45, 2.75) is 58.8 Å². The molecule has 0 bridgehead atoms. The average Bonchev–Trinajstić information content (AvgIpc) is 2.76. The maximum atomic E-state index is 9.30. The molecule has 4 rings (SSSR count). The van der Waals surface area contributed by atoms with E-state index in [0.29, 0.717) is 0 Å². The minimum Gasteiger partial charge on any atom is -0.496 e. The van der Waals surface area contributed by atoms with Crippen LogP contribution in [0.4, 0.5) is 0 Å². The number of aryl methyl sites for hydroxylation is 2. The summed E-state index contributed by atoms with van der Waals surface area (Å²) in [7, 11) is 3.02. The number of benzene rings is 2. The van der Waals surface area contributed by atoms with Crippen molar-refractivity contribution < 1.29 is 9.76 Å². The summed E-state index contributed by atoms with van der Waals surface area (Å²) in [5.41, 5.74) is 7.45. The smallest absolute Gasteiger partial charge is 0.322 e. The van der Waals surface area contributed by atoms with Crippen LogP contribution in [0.5, 0.6) is 5.75 Å². The van der Waals surface area contributed by atoms with E-state index in [0.717, 1.165) is 48.2 Å². The standard InChI is InChI=1S/C27H34BO2/c1-18-12-19(2)14-20(13-18)4-5-25-16-23(9-11-27(25)30-3)21-6-7-24-17-26(28-29)10-8-22(24)15-21/h6-7,9,11,15-20,29H,4-5,8,10,12-14H2,1-3H3. The Morgan fingerprint density at radius 3 is 2.43 bits per heavy atom. The van der Waals surface area contributed by atoms with E-state index in [-0.39, 0.29) is 0 Å².